The number of aliphatic carboxylic acids is 1. The predicted molar refractivity (Wildman–Crippen MR) is 103 cm³/mol. The fraction of sp³-hybridized carbons (Fsp3) is 0.455. The number of carbonyl (C=O) groups excluding carboxylic acids is 1. The number of carbonyl (C=O) groups is 2. The number of allylic oxidation sites excluding steroid dienone is 10. The van der Waals surface area contributed by atoms with Crippen LogP contribution in [0.5, 0.6) is 0 Å². The summed E-state index contributed by atoms with van der Waals surface area (Å²) in [6.45, 7) is 10.7. The Morgan fingerprint density at radius 1 is 1.16 bits per heavy atom. The molecule has 0 aromatic heterocycles. The lowest BCUT2D eigenvalue weighted by atomic mass is 9.72. The first-order valence-electron chi connectivity index (χ1n) is 8.78. The molecule has 0 radical (unpaired) electrons. The number of hydrogen-bond donors (Lipinski definition) is 1. The van der Waals surface area contributed by atoms with Crippen molar-refractivity contribution < 1.29 is 14.7 Å². The highest BCUT2D eigenvalue weighted by Gasteiger charge is 2.26. The van der Waals surface area contributed by atoms with Gasteiger partial charge in [0.05, 0.1) is 0 Å². The maximum atomic E-state index is 11.4. The molecule has 1 rings (SSSR count). The van der Waals surface area contributed by atoms with E-state index >= 15 is 0 Å². The molecule has 3 heteroatoms. The van der Waals surface area contributed by atoms with Crippen molar-refractivity contribution in [2.75, 3.05) is 0 Å². The van der Waals surface area contributed by atoms with E-state index in [-0.39, 0.29) is 5.41 Å². The van der Waals surface area contributed by atoms with E-state index in [1.807, 2.05) is 25.2 Å². The molecule has 1 N–H and O–H groups in total. The van der Waals surface area contributed by atoms with Crippen molar-refractivity contribution in [2.45, 2.75) is 60.3 Å². The fourth-order valence-electron chi connectivity index (χ4n) is 3.13. The van der Waals surface area contributed by atoms with Gasteiger partial charge in [0.2, 0.25) is 0 Å². The minimum Gasteiger partial charge on any atom is -0.481 e. The Morgan fingerprint density at radius 3 is 2.44 bits per heavy atom. The van der Waals surface area contributed by atoms with Crippen LogP contribution in [0, 0.1) is 5.41 Å². The zero-order valence-electron chi connectivity index (χ0n) is 16.1. The van der Waals surface area contributed by atoms with E-state index in [1.54, 1.807) is 6.92 Å². The molecule has 0 unspecified atom stereocenters. The number of carboxylic acid groups (broad SMARTS) is 1. The van der Waals surface area contributed by atoms with Crippen molar-refractivity contribution in [3.8, 4) is 0 Å². The lowest BCUT2D eigenvalue weighted by Gasteiger charge is -2.32. The molecular weight excluding hydrogens is 312 g/mol. The second-order valence-electron chi connectivity index (χ2n) is 7.46. The van der Waals surface area contributed by atoms with Crippen molar-refractivity contribution in [3.63, 3.8) is 0 Å². The van der Waals surface area contributed by atoms with Crippen LogP contribution in [0.4, 0.5) is 0 Å². The standard InChI is InChI=1S/C22H30O3/c1-16(8-6-9-17(2)14-19(23)15-21(24)25)11-12-20-18(3)10-7-13-22(20,4)5/h6,8-9,11-12,14H,7,10,13,15H2,1-5H3,(H,24,25)/b9-6+,12-11+,16-8+,17-14+. The Kier molecular flexibility index (Phi) is 7.82. The third-order valence-electron chi connectivity index (χ3n) is 4.49. The van der Waals surface area contributed by atoms with E-state index in [9.17, 15) is 9.59 Å². The fourth-order valence-corrected chi connectivity index (χ4v) is 3.13. The van der Waals surface area contributed by atoms with Crippen molar-refractivity contribution in [2.24, 2.45) is 5.41 Å². The first kappa shape index (κ1) is 20.9. The highest BCUT2D eigenvalue weighted by molar-refractivity contribution is 6.01. The van der Waals surface area contributed by atoms with E-state index in [0.29, 0.717) is 0 Å². The van der Waals surface area contributed by atoms with Gasteiger partial charge in [-0.3, -0.25) is 9.59 Å². The molecule has 3 nitrogen and oxygen atoms in total. The van der Waals surface area contributed by atoms with Crippen LogP contribution in [0.25, 0.3) is 0 Å². The molecule has 0 atom stereocenters. The largest absolute Gasteiger partial charge is 0.481 e. The molecular formula is C22H30O3. The molecule has 0 aromatic rings. The summed E-state index contributed by atoms with van der Waals surface area (Å²) in [5.41, 5.74) is 5.02. The SMILES string of the molecule is CC1=C(/C=C/C(C)=C/C=C/C(C)=C/C(=O)CC(=O)O)C(C)(C)CCC1. The van der Waals surface area contributed by atoms with Gasteiger partial charge in [-0.05, 0) is 62.7 Å². The highest BCUT2D eigenvalue weighted by Crippen LogP contribution is 2.40. The molecule has 0 saturated heterocycles. The zero-order chi connectivity index (χ0) is 19.0. The van der Waals surface area contributed by atoms with Crippen molar-refractivity contribution in [1.82, 2.24) is 0 Å². The Hall–Kier alpha value is -2.16. The molecule has 0 bridgehead atoms. The summed E-state index contributed by atoms with van der Waals surface area (Å²) >= 11 is 0. The summed E-state index contributed by atoms with van der Waals surface area (Å²) in [5, 5.41) is 8.58. The average Bonchev–Trinajstić information content (AvgIpc) is 2.44. The summed E-state index contributed by atoms with van der Waals surface area (Å²) in [4.78, 5) is 21.9. The molecule has 0 amide bonds. The quantitative estimate of drug-likeness (QED) is 0.374. The lowest BCUT2D eigenvalue weighted by molar-refractivity contribution is -0.139. The third-order valence-corrected chi connectivity index (χ3v) is 4.49. The van der Waals surface area contributed by atoms with Crippen molar-refractivity contribution >= 4 is 11.8 Å². The van der Waals surface area contributed by atoms with Gasteiger partial charge in [-0.15, -0.1) is 0 Å². The normalized spacial score (nSPS) is 19.1. The average molecular weight is 342 g/mol. The van der Waals surface area contributed by atoms with Gasteiger partial charge in [-0.25, -0.2) is 0 Å². The van der Waals surface area contributed by atoms with Gasteiger partial charge >= 0.3 is 5.97 Å². The Morgan fingerprint density at radius 2 is 1.84 bits per heavy atom. The number of ketones is 1. The molecule has 0 saturated carbocycles. The van der Waals surface area contributed by atoms with Crippen LogP contribution >= 0.6 is 0 Å². The maximum Gasteiger partial charge on any atom is 0.311 e. The molecule has 0 aromatic carbocycles. The lowest BCUT2D eigenvalue weighted by Crippen LogP contribution is -2.19. The summed E-state index contributed by atoms with van der Waals surface area (Å²) in [6.07, 6.45) is 14.6. The van der Waals surface area contributed by atoms with Crippen LogP contribution in [0.1, 0.15) is 60.3 Å². The van der Waals surface area contributed by atoms with E-state index < -0.39 is 18.2 Å². The topological polar surface area (TPSA) is 54.4 Å². The smallest absolute Gasteiger partial charge is 0.311 e. The third kappa shape index (κ3) is 7.51. The number of hydrogen-bond acceptors (Lipinski definition) is 2. The number of rotatable bonds is 7. The monoisotopic (exact) mass is 342 g/mol. The minimum atomic E-state index is -1.10. The molecule has 0 fully saturated rings. The minimum absolute atomic E-state index is 0.235. The predicted octanol–water partition coefficient (Wildman–Crippen LogP) is 5.56. The molecule has 25 heavy (non-hydrogen) atoms. The molecule has 0 spiro atoms. The summed E-state index contributed by atoms with van der Waals surface area (Å²) in [5.74, 6) is -1.49. The molecule has 136 valence electrons. The maximum absolute atomic E-state index is 11.4. The summed E-state index contributed by atoms with van der Waals surface area (Å²) < 4.78 is 0. The second-order valence-corrected chi connectivity index (χ2v) is 7.46. The Bertz CT molecular complexity index is 667. The van der Waals surface area contributed by atoms with Gasteiger partial charge in [-0.2, -0.15) is 0 Å². The Balaban J connectivity index is 2.74. The molecule has 0 aliphatic heterocycles. The van der Waals surface area contributed by atoms with Crippen LogP contribution in [0.3, 0.4) is 0 Å². The molecule has 0 heterocycles. The molecule has 1 aliphatic rings. The summed E-state index contributed by atoms with van der Waals surface area (Å²) in [6, 6.07) is 0. The van der Waals surface area contributed by atoms with Crippen molar-refractivity contribution in [1.29, 1.82) is 0 Å². The first-order chi connectivity index (χ1) is 11.6. The van der Waals surface area contributed by atoms with Gasteiger partial charge in [0, 0.05) is 0 Å². The van der Waals surface area contributed by atoms with E-state index in [2.05, 4.69) is 32.9 Å². The van der Waals surface area contributed by atoms with Gasteiger partial charge in [-0.1, -0.05) is 55.4 Å². The highest BCUT2D eigenvalue weighted by atomic mass is 16.4. The van der Waals surface area contributed by atoms with E-state index in [4.69, 9.17) is 5.11 Å². The van der Waals surface area contributed by atoms with Gasteiger partial charge < -0.3 is 5.11 Å². The van der Waals surface area contributed by atoms with Gasteiger partial charge in [0.25, 0.3) is 0 Å². The van der Waals surface area contributed by atoms with Gasteiger partial charge in [0.1, 0.15) is 6.42 Å². The van der Waals surface area contributed by atoms with Crippen LogP contribution in [-0.4, -0.2) is 16.9 Å². The first-order valence-corrected chi connectivity index (χ1v) is 8.78. The van der Waals surface area contributed by atoms with E-state index in [1.165, 1.54) is 36.5 Å². The Labute approximate surface area is 151 Å². The van der Waals surface area contributed by atoms with Crippen molar-refractivity contribution in [3.05, 3.63) is 58.7 Å². The summed E-state index contributed by atoms with van der Waals surface area (Å²) in [7, 11) is 0. The van der Waals surface area contributed by atoms with Crippen LogP contribution in [0.2, 0.25) is 0 Å². The second kappa shape index (κ2) is 9.36. The van der Waals surface area contributed by atoms with Gasteiger partial charge in [0.15, 0.2) is 5.78 Å². The van der Waals surface area contributed by atoms with Crippen LogP contribution in [-0.2, 0) is 9.59 Å². The number of carboxylic acids is 1. The molecule has 1 aliphatic carbocycles. The van der Waals surface area contributed by atoms with Crippen LogP contribution < -0.4 is 0 Å². The van der Waals surface area contributed by atoms with E-state index in [0.717, 1.165) is 11.1 Å². The zero-order valence-corrected chi connectivity index (χ0v) is 16.1. The van der Waals surface area contributed by atoms with Crippen LogP contribution in [0.15, 0.2) is 58.7 Å².